The van der Waals surface area contributed by atoms with Crippen LogP contribution in [0.15, 0.2) is 35.4 Å². The highest BCUT2D eigenvalue weighted by atomic mass is 16.2. The fraction of sp³-hybridized carbons (Fsp3) is 0.381. The Morgan fingerprint density at radius 3 is 2.93 bits per heavy atom. The third kappa shape index (κ3) is 2.80. The molecule has 0 saturated carbocycles. The molecular formula is C21H23N7O2. The predicted octanol–water partition coefficient (Wildman–Crippen LogP) is 1.72. The summed E-state index contributed by atoms with van der Waals surface area (Å²) in [6, 6.07) is 5.33. The van der Waals surface area contributed by atoms with Crippen molar-refractivity contribution in [2.24, 2.45) is 0 Å². The van der Waals surface area contributed by atoms with E-state index in [1.54, 1.807) is 36.5 Å². The molecule has 1 N–H and O–H groups in total. The highest BCUT2D eigenvalue weighted by Gasteiger charge is 2.38. The average molecular weight is 405 g/mol. The van der Waals surface area contributed by atoms with Crippen LogP contribution in [0.3, 0.4) is 0 Å². The van der Waals surface area contributed by atoms with Crippen LogP contribution >= 0.6 is 0 Å². The van der Waals surface area contributed by atoms with Gasteiger partial charge in [0, 0.05) is 50.3 Å². The molecule has 3 aromatic heterocycles. The van der Waals surface area contributed by atoms with Crippen molar-refractivity contribution < 1.29 is 4.79 Å². The van der Waals surface area contributed by atoms with E-state index < -0.39 is 0 Å². The van der Waals surface area contributed by atoms with Gasteiger partial charge in [-0.05, 0) is 31.4 Å². The molecule has 1 fully saturated rings. The zero-order valence-electron chi connectivity index (χ0n) is 17.0. The fourth-order valence-electron chi connectivity index (χ4n) is 4.36. The van der Waals surface area contributed by atoms with Crippen molar-refractivity contribution >= 4 is 29.0 Å². The van der Waals surface area contributed by atoms with Crippen LogP contribution < -0.4 is 20.7 Å². The van der Waals surface area contributed by atoms with Gasteiger partial charge >= 0.3 is 0 Å². The molecule has 0 radical (unpaired) electrons. The minimum atomic E-state index is -0.175. The molecule has 1 amide bonds. The number of rotatable bonds is 3. The number of pyridine rings is 1. The van der Waals surface area contributed by atoms with Gasteiger partial charge in [0.15, 0.2) is 5.65 Å². The average Bonchev–Trinajstić information content (AvgIpc) is 3.20. The normalized spacial score (nSPS) is 18.3. The number of nitrogens with zero attached hydrogens (tertiary/aromatic N) is 6. The van der Waals surface area contributed by atoms with Gasteiger partial charge in [0.25, 0.3) is 11.5 Å². The van der Waals surface area contributed by atoms with E-state index in [0.29, 0.717) is 47.3 Å². The van der Waals surface area contributed by atoms with Gasteiger partial charge in [-0.25, -0.2) is 9.97 Å². The van der Waals surface area contributed by atoms with E-state index in [9.17, 15) is 9.59 Å². The van der Waals surface area contributed by atoms with Crippen molar-refractivity contribution in [2.75, 3.05) is 35.3 Å². The quantitative estimate of drug-likeness (QED) is 0.709. The largest absolute Gasteiger partial charge is 0.357 e. The second kappa shape index (κ2) is 7.08. The number of hydrogen-bond acceptors (Lipinski definition) is 7. The maximum absolute atomic E-state index is 13.6. The third-order valence-electron chi connectivity index (χ3n) is 5.89. The zero-order chi connectivity index (χ0) is 20.8. The molecule has 154 valence electrons. The van der Waals surface area contributed by atoms with E-state index in [1.165, 1.54) is 4.40 Å². The summed E-state index contributed by atoms with van der Waals surface area (Å²) in [6.07, 6.45) is 5.94. The summed E-state index contributed by atoms with van der Waals surface area (Å²) in [6.45, 7) is 3.32. The topological polar surface area (TPSA) is 95.7 Å². The first-order valence-electron chi connectivity index (χ1n) is 10.2. The van der Waals surface area contributed by atoms with E-state index in [4.69, 9.17) is 0 Å². The van der Waals surface area contributed by atoms with E-state index >= 15 is 0 Å². The Bertz CT molecular complexity index is 1210. The number of aromatic nitrogens is 4. The van der Waals surface area contributed by atoms with Crippen LogP contribution in [0.5, 0.6) is 0 Å². The molecule has 9 heteroatoms. The Hall–Kier alpha value is -3.49. The zero-order valence-corrected chi connectivity index (χ0v) is 17.0. The van der Waals surface area contributed by atoms with Crippen LogP contribution in [0.1, 0.15) is 35.8 Å². The molecule has 5 heterocycles. The Labute approximate surface area is 173 Å². The minimum absolute atomic E-state index is 0.147. The molecule has 0 bridgehead atoms. The molecular weight excluding hydrogens is 382 g/mol. The number of fused-ring (bicyclic) bond motifs is 4. The van der Waals surface area contributed by atoms with Crippen LogP contribution in [0.25, 0.3) is 5.65 Å². The second-order valence-electron chi connectivity index (χ2n) is 7.61. The highest BCUT2D eigenvalue weighted by Crippen LogP contribution is 2.34. The molecule has 5 rings (SSSR count). The lowest BCUT2D eigenvalue weighted by molar-refractivity contribution is 0.0988. The first-order chi connectivity index (χ1) is 14.6. The third-order valence-corrected chi connectivity index (χ3v) is 5.89. The molecule has 0 unspecified atom stereocenters. The molecule has 0 aromatic carbocycles. The SMILES string of the molecule is CCc1cc(=O)n2cccc(N3C[C@@H]4CCCN4c4nc(NC)ncc4C3=O)c2n1. The first kappa shape index (κ1) is 18.5. The molecule has 0 aliphatic carbocycles. The van der Waals surface area contributed by atoms with Crippen molar-refractivity contribution in [1.29, 1.82) is 0 Å². The Balaban J connectivity index is 1.71. The lowest BCUT2D eigenvalue weighted by Gasteiger charge is -2.27. The van der Waals surface area contributed by atoms with Crippen LogP contribution in [0.4, 0.5) is 17.5 Å². The van der Waals surface area contributed by atoms with Crippen LogP contribution in [0.2, 0.25) is 0 Å². The van der Waals surface area contributed by atoms with E-state index in [1.807, 2.05) is 13.0 Å². The Morgan fingerprint density at radius 2 is 2.13 bits per heavy atom. The van der Waals surface area contributed by atoms with Gasteiger partial charge in [-0.15, -0.1) is 0 Å². The summed E-state index contributed by atoms with van der Waals surface area (Å²) < 4.78 is 1.50. The molecule has 1 atom stereocenters. The van der Waals surface area contributed by atoms with Gasteiger partial charge in [-0.2, -0.15) is 4.98 Å². The van der Waals surface area contributed by atoms with Crippen LogP contribution in [0, 0.1) is 0 Å². The van der Waals surface area contributed by atoms with Crippen LogP contribution in [-0.2, 0) is 6.42 Å². The molecule has 30 heavy (non-hydrogen) atoms. The standard InChI is InChI=1S/C21H23N7O2/c1-3-13-10-17(29)27-9-5-7-16(19(27)24-13)28-12-14-6-4-8-26(14)18-15(20(28)30)11-23-21(22-2)25-18/h5,7,9-11,14H,3-4,6,8,12H2,1-2H3,(H,22,23,25)/t14-/m0/s1. The number of anilines is 3. The van der Waals surface area contributed by atoms with E-state index in [2.05, 4.69) is 25.2 Å². The van der Waals surface area contributed by atoms with Crippen LogP contribution in [-0.4, -0.2) is 51.4 Å². The number of carbonyl (C=O) groups is 1. The smallest absolute Gasteiger partial charge is 0.263 e. The first-order valence-corrected chi connectivity index (χ1v) is 10.2. The molecule has 2 aliphatic heterocycles. The molecule has 9 nitrogen and oxygen atoms in total. The Kier molecular flexibility index (Phi) is 4.38. The summed E-state index contributed by atoms with van der Waals surface area (Å²) in [5, 5.41) is 2.96. The lowest BCUT2D eigenvalue weighted by Crippen LogP contribution is -2.40. The molecule has 1 saturated heterocycles. The number of amides is 1. The molecule has 2 aliphatic rings. The maximum atomic E-state index is 13.6. The summed E-state index contributed by atoms with van der Waals surface area (Å²) >= 11 is 0. The van der Waals surface area contributed by atoms with E-state index in [0.717, 1.165) is 19.4 Å². The summed E-state index contributed by atoms with van der Waals surface area (Å²) in [5.74, 6) is 0.988. The van der Waals surface area contributed by atoms with Crippen molar-refractivity contribution in [3.8, 4) is 0 Å². The van der Waals surface area contributed by atoms with Gasteiger partial charge in [-0.1, -0.05) is 6.92 Å². The van der Waals surface area contributed by atoms with Crippen molar-refractivity contribution in [3.63, 3.8) is 0 Å². The summed E-state index contributed by atoms with van der Waals surface area (Å²) in [4.78, 5) is 43.7. The number of aryl methyl sites for hydroxylation is 1. The second-order valence-corrected chi connectivity index (χ2v) is 7.61. The van der Waals surface area contributed by atoms with Gasteiger partial charge < -0.3 is 15.1 Å². The van der Waals surface area contributed by atoms with Crippen molar-refractivity contribution in [2.45, 2.75) is 32.2 Å². The predicted molar refractivity (Wildman–Crippen MR) is 114 cm³/mol. The van der Waals surface area contributed by atoms with E-state index in [-0.39, 0.29) is 17.5 Å². The van der Waals surface area contributed by atoms with Crippen molar-refractivity contribution in [1.82, 2.24) is 19.4 Å². The minimum Gasteiger partial charge on any atom is -0.357 e. The molecule has 0 spiro atoms. The molecule has 3 aromatic rings. The maximum Gasteiger partial charge on any atom is 0.263 e. The number of hydrogen-bond donors (Lipinski definition) is 1. The number of nitrogens with one attached hydrogen (secondary N) is 1. The van der Waals surface area contributed by atoms with Gasteiger partial charge in [-0.3, -0.25) is 14.0 Å². The Morgan fingerprint density at radius 1 is 1.27 bits per heavy atom. The van der Waals surface area contributed by atoms with Gasteiger partial charge in [0.05, 0.1) is 5.69 Å². The fourth-order valence-corrected chi connectivity index (χ4v) is 4.36. The number of carbonyl (C=O) groups excluding carboxylic acids is 1. The van der Waals surface area contributed by atoms with Gasteiger partial charge in [0.1, 0.15) is 11.4 Å². The van der Waals surface area contributed by atoms with Gasteiger partial charge in [0.2, 0.25) is 5.95 Å². The monoisotopic (exact) mass is 405 g/mol. The highest BCUT2D eigenvalue weighted by molar-refractivity contribution is 6.11. The van der Waals surface area contributed by atoms with Crippen molar-refractivity contribution in [3.05, 3.63) is 52.2 Å². The lowest BCUT2D eigenvalue weighted by atomic mass is 10.2. The summed E-state index contributed by atoms with van der Waals surface area (Å²) in [7, 11) is 1.76. The summed E-state index contributed by atoms with van der Waals surface area (Å²) in [5.41, 5.74) is 2.16.